The fourth-order valence-corrected chi connectivity index (χ4v) is 3.49. The van der Waals surface area contributed by atoms with E-state index in [1.165, 1.54) is 12.5 Å². The second kappa shape index (κ2) is 8.25. The first kappa shape index (κ1) is 21.5. The van der Waals surface area contributed by atoms with Crippen molar-refractivity contribution in [3.05, 3.63) is 30.5 Å². The predicted molar refractivity (Wildman–Crippen MR) is 104 cm³/mol. The first-order valence-electron chi connectivity index (χ1n) is 9.27. The largest absolute Gasteiger partial charge is 0.481 e. The summed E-state index contributed by atoms with van der Waals surface area (Å²) in [4.78, 5) is 28.8. The molecule has 11 heteroatoms. The summed E-state index contributed by atoms with van der Waals surface area (Å²) in [6, 6.07) is 1.43. The average molecular weight is 422 g/mol. The van der Waals surface area contributed by atoms with Crippen molar-refractivity contribution < 1.29 is 23.1 Å². The van der Waals surface area contributed by atoms with E-state index in [4.69, 9.17) is 5.41 Å². The highest BCUT2D eigenvalue weighted by Crippen LogP contribution is 2.32. The highest BCUT2D eigenvalue weighted by atomic mass is 19.4. The fraction of sp³-hybridized carbons (Fsp3) is 0.421. The molecule has 0 aromatic carbocycles. The van der Waals surface area contributed by atoms with Crippen LogP contribution in [0.1, 0.15) is 26.1 Å². The van der Waals surface area contributed by atoms with Crippen LogP contribution >= 0.6 is 0 Å². The highest BCUT2D eigenvalue weighted by Gasteiger charge is 2.37. The van der Waals surface area contributed by atoms with E-state index < -0.39 is 23.8 Å². The van der Waals surface area contributed by atoms with Crippen molar-refractivity contribution in [3.8, 4) is 11.4 Å². The van der Waals surface area contributed by atoms with Gasteiger partial charge in [-0.2, -0.15) is 13.2 Å². The number of piperidine rings is 1. The van der Waals surface area contributed by atoms with Gasteiger partial charge in [0.05, 0.1) is 23.5 Å². The summed E-state index contributed by atoms with van der Waals surface area (Å²) in [6.07, 6.45) is 0.329. The lowest BCUT2D eigenvalue weighted by atomic mass is 9.84. The molecule has 1 saturated heterocycles. The first-order chi connectivity index (χ1) is 14.1. The summed E-state index contributed by atoms with van der Waals surface area (Å²) < 4.78 is 37.2. The van der Waals surface area contributed by atoms with Gasteiger partial charge in [0.25, 0.3) is 0 Å². The Balaban J connectivity index is 1.82. The highest BCUT2D eigenvalue weighted by molar-refractivity contribution is 5.99. The Morgan fingerprint density at radius 1 is 1.33 bits per heavy atom. The zero-order valence-corrected chi connectivity index (χ0v) is 16.3. The van der Waals surface area contributed by atoms with E-state index in [9.17, 15) is 23.1 Å². The van der Waals surface area contributed by atoms with Gasteiger partial charge in [-0.05, 0) is 31.4 Å². The number of carboxylic acids is 1. The molecule has 0 saturated carbocycles. The molecule has 0 spiro atoms. The Kier molecular flexibility index (Phi) is 5.90. The van der Waals surface area contributed by atoms with Crippen LogP contribution in [0.5, 0.6) is 0 Å². The van der Waals surface area contributed by atoms with Gasteiger partial charge < -0.3 is 15.0 Å². The molecule has 0 bridgehead atoms. The van der Waals surface area contributed by atoms with E-state index in [0.717, 1.165) is 6.08 Å². The molecule has 0 aliphatic carbocycles. The molecular formula is C19H21F3N6O2. The molecule has 3 heterocycles. The maximum Gasteiger partial charge on any atom is 0.432 e. The average Bonchev–Trinajstić information content (AvgIpc) is 3.16. The number of allylic oxidation sites excluding steroid dienone is 1. The lowest BCUT2D eigenvalue weighted by Crippen LogP contribution is -2.49. The Labute approximate surface area is 170 Å². The lowest BCUT2D eigenvalue weighted by molar-refractivity contribution is -0.143. The van der Waals surface area contributed by atoms with Gasteiger partial charge in [-0.3, -0.25) is 10.2 Å². The molecule has 3 unspecified atom stereocenters. The Morgan fingerprint density at radius 2 is 2.07 bits per heavy atom. The molecule has 3 N–H and O–H groups in total. The van der Waals surface area contributed by atoms with Crippen molar-refractivity contribution in [2.75, 3.05) is 11.4 Å². The van der Waals surface area contributed by atoms with E-state index in [2.05, 4.69) is 19.9 Å². The number of H-pyrrole nitrogens is 1. The minimum Gasteiger partial charge on any atom is -0.481 e. The normalized spacial score (nSPS) is 22.4. The number of hydrogen-bond acceptors (Lipinski definition) is 6. The van der Waals surface area contributed by atoms with Crippen LogP contribution in [-0.4, -0.2) is 55.5 Å². The number of nitrogens with one attached hydrogen (secondary N) is 2. The van der Waals surface area contributed by atoms with Gasteiger partial charge in [-0.15, -0.1) is 0 Å². The van der Waals surface area contributed by atoms with Crippen LogP contribution in [0.4, 0.5) is 19.0 Å². The molecule has 2 aromatic rings. The number of anilines is 1. The van der Waals surface area contributed by atoms with Crippen LogP contribution < -0.4 is 4.90 Å². The van der Waals surface area contributed by atoms with E-state index in [1.54, 1.807) is 6.07 Å². The van der Waals surface area contributed by atoms with Crippen LogP contribution in [0.3, 0.4) is 0 Å². The number of aliphatic carboxylic acids is 1. The second-order valence-electron chi connectivity index (χ2n) is 7.37. The third kappa shape index (κ3) is 4.66. The van der Waals surface area contributed by atoms with Crippen molar-refractivity contribution in [2.24, 2.45) is 11.8 Å². The topological polar surface area (TPSA) is 119 Å². The SMILES string of the molecule is CC1CC(C(=O)O)C(C)N(c2cc(-c3cnc(/C=C\C(=N)C(F)(F)F)[nH]3)ncn2)C1. The predicted octanol–water partition coefficient (Wildman–Crippen LogP) is 3.40. The van der Waals surface area contributed by atoms with Gasteiger partial charge in [-0.25, -0.2) is 15.0 Å². The minimum atomic E-state index is -4.72. The molecule has 1 fully saturated rings. The van der Waals surface area contributed by atoms with Gasteiger partial charge in [0.2, 0.25) is 0 Å². The molecule has 1 aliphatic heterocycles. The van der Waals surface area contributed by atoms with Crippen molar-refractivity contribution in [1.29, 1.82) is 5.41 Å². The molecule has 0 radical (unpaired) electrons. The maximum atomic E-state index is 12.4. The van der Waals surface area contributed by atoms with Crippen LogP contribution in [0, 0.1) is 17.2 Å². The molecule has 8 nitrogen and oxygen atoms in total. The van der Waals surface area contributed by atoms with Crippen LogP contribution in [0.2, 0.25) is 0 Å². The Hall–Kier alpha value is -3.24. The van der Waals surface area contributed by atoms with E-state index in [0.29, 0.717) is 36.2 Å². The molecule has 160 valence electrons. The second-order valence-corrected chi connectivity index (χ2v) is 7.37. The van der Waals surface area contributed by atoms with Gasteiger partial charge in [0.15, 0.2) is 0 Å². The summed E-state index contributed by atoms with van der Waals surface area (Å²) in [7, 11) is 0. The van der Waals surface area contributed by atoms with Crippen molar-refractivity contribution in [3.63, 3.8) is 0 Å². The standard InChI is InChI=1S/C19H21F3N6O2/c1-10-5-12(18(29)30)11(2)28(8-10)17-6-13(25-9-26-17)14-7-24-16(27-14)4-3-15(23)19(20,21)22/h3-4,6-7,9-12,23H,5,8H2,1-2H3,(H,24,27)(H,29,30)/b4-3-,23-15?. The molecule has 2 aromatic heterocycles. The summed E-state index contributed by atoms with van der Waals surface area (Å²) in [6.45, 7) is 4.49. The maximum absolute atomic E-state index is 12.4. The monoisotopic (exact) mass is 422 g/mol. The molecular weight excluding hydrogens is 401 g/mol. The summed E-state index contributed by atoms with van der Waals surface area (Å²) in [5.41, 5.74) is -0.550. The Bertz CT molecular complexity index is 971. The lowest BCUT2D eigenvalue weighted by Gasteiger charge is -2.41. The fourth-order valence-electron chi connectivity index (χ4n) is 3.49. The number of aromatic nitrogens is 4. The number of imidazole rings is 1. The summed E-state index contributed by atoms with van der Waals surface area (Å²) in [5, 5.41) is 16.5. The third-order valence-corrected chi connectivity index (χ3v) is 5.09. The van der Waals surface area contributed by atoms with Crippen molar-refractivity contribution in [1.82, 2.24) is 19.9 Å². The van der Waals surface area contributed by atoms with Gasteiger partial charge >= 0.3 is 12.1 Å². The number of aromatic amines is 1. The Morgan fingerprint density at radius 3 is 2.73 bits per heavy atom. The van der Waals surface area contributed by atoms with Crippen molar-refractivity contribution in [2.45, 2.75) is 32.5 Å². The minimum absolute atomic E-state index is 0.144. The van der Waals surface area contributed by atoms with Gasteiger partial charge in [-0.1, -0.05) is 6.92 Å². The van der Waals surface area contributed by atoms with Crippen molar-refractivity contribution >= 4 is 23.6 Å². The number of halogens is 3. The van der Waals surface area contributed by atoms with Crippen LogP contribution in [-0.2, 0) is 4.79 Å². The zero-order chi connectivity index (χ0) is 22.1. The zero-order valence-electron chi connectivity index (χ0n) is 16.3. The molecule has 30 heavy (non-hydrogen) atoms. The van der Waals surface area contributed by atoms with Crippen LogP contribution in [0.25, 0.3) is 17.5 Å². The van der Waals surface area contributed by atoms with Gasteiger partial charge in [0, 0.05) is 18.7 Å². The molecule has 3 rings (SSSR count). The smallest absolute Gasteiger partial charge is 0.432 e. The van der Waals surface area contributed by atoms with Crippen LogP contribution in [0.15, 0.2) is 24.7 Å². The molecule has 1 aliphatic rings. The number of nitrogens with zero attached hydrogens (tertiary/aromatic N) is 4. The number of carbonyl (C=O) groups is 1. The quantitative estimate of drug-likeness (QED) is 0.636. The van der Waals surface area contributed by atoms with E-state index >= 15 is 0 Å². The summed E-state index contributed by atoms with van der Waals surface area (Å²) >= 11 is 0. The number of hydrogen-bond donors (Lipinski definition) is 3. The number of carboxylic acid groups (broad SMARTS) is 1. The third-order valence-electron chi connectivity index (χ3n) is 5.09. The number of rotatable bonds is 5. The molecule has 0 amide bonds. The van der Waals surface area contributed by atoms with E-state index in [1.807, 2.05) is 18.7 Å². The van der Waals surface area contributed by atoms with Gasteiger partial charge in [0.1, 0.15) is 23.7 Å². The number of alkyl halides is 3. The summed E-state index contributed by atoms with van der Waals surface area (Å²) in [5.74, 6) is -0.475. The van der Waals surface area contributed by atoms with E-state index in [-0.39, 0.29) is 17.8 Å². The first-order valence-corrected chi connectivity index (χ1v) is 9.27. The molecule has 3 atom stereocenters.